The SMILES string of the molecule is CC1CCCCN1C1CN(Cc2ccc(CN(C)S(C)(=O)=O)o2)C1. The van der Waals surface area contributed by atoms with Crippen LogP contribution in [0.3, 0.4) is 0 Å². The first-order valence-electron chi connectivity index (χ1n) is 8.80. The minimum absolute atomic E-state index is 0.284. The fourth-order valence-electron chi connectivity index (χ4n) is 3.69. The maximum atomic E-state index is 11.5. The molecule has 0 aromatic carbocycles. The van der Waals surface area contributed by atoms with E-state index in [9.17, 15) is 8.42 Å². The summed E-state index contributed by atoms with van der Waals surface area (Å²) in [5, 5.41) is 0. The molecule has 0 amide bonds. The molecule has 0 radical (unpaired) electrons. The van der Waals surface area contributed by atoms with Crippen molar-refractivity contribution in [3.8, 4) is 0 Å². The lowest BCUT2D eigenvalue weighted by atomic mass is 9.97. The van der Waals surface area contributed by atoms with E-state index in [0.717, 1.165) is 25.4 Å². The van der Waals surface area contributed by atoms with Gasteiger partial charge >= 0.3 is 0 Å². The minimum Gasteiger partial charge on any atom is -0.463 e. The van der Waals surface area contributed by atoms with E-state index in [4.69, 9.17) is 4.42 Å². The second-order valence-electron chi connectivity index (χ2n) is 7.32. The Hall–Kier alpha value is -0.890. The lowest BCUT2D eigenvalue weighted by Crippen LogP contribution is -2.61. The van der Waals surface area contributed by atoms with Crippen LogP contribution in [0.2, 0.25) is 0 Å². The fourth-order valence-corrected chi connectivity index (χ4v) is 4.06. The molecule has 0 saturated carbocycles. The van der Waals surface area contributed by atoms with Crippen LogP contribution in [0.15, 0.2) is 16.5 Å². The Kier molecular flexibility index (Phi) is 5.34. The standard InChI is InChI=1S/C17H29N3O3S/c1-14-6-4-5-9-20(14)15-10-19(11-15)13-17-8-7-16(23-17)12-18(2)24(3,21)22/h7-8,14-15H,4-6,9-13H2,1-3H3. The van der Waals surface area contributed by atoms with E-state index >= 15 is 0 Å². The highest BCUT2D eigenvalue weighted by Gasteiger charge is 2.35. The third kappa shape index (κ3) is 4.20. The summed E-state index contributed by atoms with van der Waals surface area (Å²) in [5.41, 5.74) is 0. The van der Waals surface area contributed by atoms with Crippen molar-refractivity contribution < 1.29 is 12.8 Å². The maximum absolute atomic E-state index is 11.5. The fraction of sp³-hybridized carbons (Fsp3) is 0.765. The molecule has 2 saturated heterocycles. The van der Waals surface area contributed by atoms with Crippen molar-refractivity contribution in [3.63, 3.8) is 0 Å². The molecule has 0 N–H and O–H groups in total. The molecule has 24 heavy (non-hydrogen) atoms. The van der Waals surface area contributed by atoms with E-state index < -0.39 is 10.0 Å². The second kappa shape index (κ2) is 7.15. The zero-order valence-electron chi connectivity index (χ0n) is 14.9. The van der Waals surface area contributed by atoms with Gasteiger partial charge in [-0.1, -0.05) is 6.42 Å². The molecule has 2 aliphatic rings. The Morgan fingerprint density at radius 2 is 1.96 bits per heavy atom. The molecule has 3 rings (SSSR count). The molecule has 136 valence electrons. The summed E-state index contributed by atoms with van der Waals surface area (Å²) in [4.78, 5) is 5.06. The first kappa shape index (κ1) is 17.9. The summed E-state index contributed by atoms with van der Waals surface area (Å²) in [6, 6.07) is 5.24. The van der Waals surface area contributed by atoms with Crippen molar-refractivity contribution in [1.29, 1.82) is 0 Å². The summed E-state index contributed by atoms with van der Waals surface area (Å²) in [7, 11) is -1.61. The smallest absolute Gasteiger partial charge is 0.211 e. The van der Waals surface area contributed by atoms with Crippen LogP contribution in [0.5, 0.6) is 0 Å². The number of furan rings is 1. The number of piperidine rings is 1. The molecule has 1 aromatic rings. The van der Waals surface area contributed by atoms with Crippen molar-refractivity contribution in [2.45, 2.75) is 51.4 Å². The Morgan fingerprint density at radius 1 is 1.25 bits per heavy atom. The molecule has 1 aromatic heterocycles. The largest absolute Gasteiger partial charge is 0.463 e. The topological polar surface area (TPSA) is 57.0 Å². The van der Waals surface area contributed by atoms with Gasteiger partial charge in [-0.15, -0.1) is 0 Å². The Bertz CT molecular complexity index is 652. The van der Waals surface area contributed by atoms with Gasteiger partial charge in [-0.3, -0.25) is 9.80 Å². The summed E-state index contributed by atoms with van der Waals surface area (Å²) in [5.74, 6) is 1.61. The lowest BCUT2D eigenvalue weighted by Gasteiger charge is -2.49. The van der Waals surface area contributed by atoms with E-state index in [-0.39, 0.29) is 6.54 Å². The van der Waals surface area contributed by atoms with E-state index in [0.29, 0.717) is 17.8 Å². The molecule has 1 atom stereocenters. The van der Waals surface area contributed by atoms with Gasteiger partial charge in [0.15, 0.2) is 0 Å². The Balaban J connectivity index is 1.47. The van der Waals surface area contributed by atoms with Gasteiger partial charge in [-0.05, 0) is 38.4 Å². The summed E-state index contributed by atoms with van der Waals surface area (Å²) in [6.07, 6.45) is 5.23. The van der Waals surface area contributed by atoms with Crippen LogP contribution in [0.4, 0.5) is 0 Å². The number of sulfonamides is 1. The normalized spacial score (nSPS) is 24.4. The molecular weight excluding hydrogens is 326 g/mol. The number of hydrogen-bond donors (Lipinski definition) is 0. The average Bonchev–Trinajstić information content (AvgIpc) is 2.90. The third-order valence-electron chi connectivity index (χ3n) is 5.30. The molecule has 2 aliphatic heterocycles. The van der Waals surface area contributed by atoms with E-state index in [1.165, 1.54) is 36.4 Å². The molecule has 3 heterocycles. The molecule has 7 heteroatoms. The highest BCUT2D eigenvalue weighted by molar-refractivity contribution is 7.88. The van der Waals surface area contributed by atoms with Gasteiger partial charge in [-0.2, -0.15) is 4.31 Å². The van der Waals surface area contributed by atoms with Crippen molar-refractivity contribution in [2.24, 2.45) is 0 Å². The molecule has 6 nitrogen and oxygen atoms in total. The molecule has 2 fully saturated rings. The van der Waals surface area contributed by atoms with E-state index in [1.807, 2.05) is 12.1 Å². The Morgan fingerprint density at radius 3 is 2.62 bits per heavy atom. The van der Waals surface area contributed by atoms with Gasteiger partial charge < -0.3 is 4.42 Å². The number of likely N-dealkylation sites (tertiary alicyclic amines) is 2. The van der Waals surface area contributed by atoms with Crippen LogP contribution in [-0.4, -0.2) is 67.5 Å². The number of hydrogen-bond acceptors (Lipinski definition) is 5. The van der Waals surface area contributed by atoms with Crippen molar-refractivity contribution in [1.82, 2.24) is 14.1 Å². The first-order chi connectivity index (χ1) is 11.3. The van der Waals surface area contributed by atoms with Gasteiger partial charge in [0.1, 0.15) is 11.5 Å². The minimum atomic E-state index is -3.18. The number of nitrogens with zero attached hydrogens (tertiary/aromatic N) is 3. The van der Waals surface area contributed by atoms with Crippen LogP contribution in [0.25, 0.3) is 0 Å². The first-order valence-corrected chi connectivity index (χ1v) is 10.6. The number of rotatable bonds is 6. The van der Waals surface area contributed by atoms with Crippen LogP contribution in [0.1, 0.15) is 37.7 Å². The van der Waals surface area contributed by atoms with Crippen LogP contribution in [-0.2, 0) is 23.1 Å². The second-order valence-corrected chi connectivity index (χ2v) is 9.41. The van der Waals surface area contributed by atoms with E-state index in [2.05, 4.69) is 16.7 Å². The van der Waals surface area contributed by atoms with Gasteiger partial charge in [0, 0.05) is 32.2 Å². The quantitative estimate of drug-likeness (QED) is 0.778. The van der Waals surface area contributed by atoms with Crippen molar-refractivity contribution >= 4 is 10.0 Å². The predicted molar refractivity (Wildman–Crippen MR) is 94.1 cm³/mol. The lowest BCUT2D eigenvalue weighted by molar-refractivity contribution is -0.00907. The van der Waals surface area contributed by atoms with Crippen LogP contribution in [0, 0.1) is 0 Å². The van der Waals surface area contributed by atoms with Crippen molar-refractivity contribution in [3.05, 3.63) is 23.7 Å². The van der Waals surface area contributed by atoms with Crippen LogP contribution >= 0.6 is 0 Å². The molecule has 1 unspecified atom stereocenters. The summed E-state index contributed by atoms with van der Waals surface area (Å²) < 4.78 is 30.0. The van der Waals surface area contributed by atoms with Gasteiger partial charge in [0.05, 0.1) is 19.3 Å². The highest BCUT2D eigenvalue weighted by Crippen LogP contribution is 2.25. The van der Waals surface area contributed by atoms with Crippen LogP contribution < -0.4 is 0 Å². The zero-order valence-corrected chi connectivity index (χ0v) is 15.8. The molecule has 0 spiro atoms. The summed E-state index contributed by atoms with van der Waals surface area (Å²) in [6.45, 7) is 6.88. The zero-order chi connectivity index (χ0) is 17.3. The Labute approximate surface area is 145 Å². The summed E-state index contributed by atoms with van der Waals surface area (Å²) >= 11 is 0. The molecular formula is C17H29N3O3S. The molecule has 0 aliphatic carbocycles. The third-order valence-corrected chi connectivity index (χ3v) is 6.56. The monoisotopic (exact) mass is 355 g/mol. The predicted octanol–water partition coefficient (Wildman–Crippen LogP) is 1.73. The van der Waals surface area contributed by atoms with Gasteiger partial charge in [0.25, 0.3) is 0 Å². The van der Waals surface area contributed by atoms with Gasteiger partial charge in [0.2, 0.25) is 10.0 Å². The molecule has 0 bridgehead atoms. The van der Waals surface area contributed by atoms with Crippen molar-refractivity contribution in [2.75, 3.05) is 32.9 Å². The highest BCUT2D eigenvalue weighted by atomic mass is 32.2. The average molecular weight is 356 g/mol. The maximum Gasteiger partial charge on any atom is 0.211 e. The van der Waals surface area contributed by atoms with E-state index in [1.54, 1.807) is 7.05 Å². The van der Waals surface area contributed by atoms with Gasteiger partial charge in [-0.25, -0.2) is 8.42 Å².